The van der Waals surface area contributed by atoms with E-state index in [0.29, 0.717) is 16.8 Å². The molecule has 0 aliphatic rings. The first-order valence-electron chi connectivity index (χ1n) is 6.39. The minimum atomic E-state index is 0.00885. The van der Waals surface area contributed by atoms with Gasteiger partial charge in [-0.1, -0.05) is 31.7 Å². The monoisotopic (exact) mass is 307 g/mol. The summed E-state index contributed by atoms with van der Waals surface area (Å²) >= 11 is 3.02. The SMILES string of the molecule is CC(C)C(NC(=O)CSc1ncccn1)c1cccs1. The van der Waals surface area contributed by atoms with Gasteiger partial charge in [0, 0.05) is 17.3 Å². The second-order valence-corrected chi connectivity index (χ2v) is 6.55. The van der Waals surface area contributed by atoms with Crippen molar-refractivity contribution in [2.45, 2.75) is 25.0 Å². The highest BCUT2D eigenvalue weighted by Crippen LogP contribution is 2.26. The van der Waals surface area contributed by atoms with Crippen molar-refractivity contribution in [1.29, 1.82) is 0 Å². The molecule has 1 amide bonds. The Morgan fingerprint density at radius 3 is 2.70 bits per heavy atom. The first kappa shape index (κ1) is 15.0. The Balaban J connectivity index is 1.89. The van der Waals surface area contributed by atoms with Gasteiger partial charge in [0.05, 0.1) is 11.8 Å². The molecule has 2 heterocycles. The van der Waals surface area contributed by atoms with Gasteiger partial charge in [-0.3, -0.25) is 4.79 Å². The molecule has 2 aromatic rings. The van der Waals surface area contributed by atoms with Crippen molar-refractivity contribution in [2.24, 2.45) is 5.92 Å². The predicted molar refractivity (Wildman–Crippen MR) is 82.8 cm³/mol. The molecule has 0 aliphatic carbocycles. The van der Waals surface area contributed by atoms with E-state index in [4.69, 9.17) is 0 Å². The number of thiophene rings is 1. The summed E-state index contributed by atoms with van der Waals surface area (Å²) in [5, 5.41) is 5.74. The summed E-state index contributed by atoms with van der Waals surface area (Å²) in [5.74, 6) is 0.698. The second kappa shape index (κ2) is 7.40. The number of nitrogens with zero attached hydrogens (tertiary/aromatic N) is 2. The fraction of sp³-hybridized carbons (Fsp3) is 0.357. The summed E-state index contributed by atoms with van der Waals surface area (Å²) in [6, 6.07) is 5.90. The quantitative estimate of drug-likeness (QED) is 0.658. The number of carbonyl (C=O) groups is 1. The third-order valence-electron chi connectivity index (χ3n) is 2.71. The van der Waals surface area contributed by atoms with Crippen molar-refractivity contribution in [3.8, 4) is 0 Å². The number of rotatable bonds is 6. The van der Waals surface area contributed by atoms with Gasteiger partial charge < -0.3 is 5.32 Å². The highest BCUT2D eigenvalue weighted by atomic mass is 32.2. The average Bonchev–Trinajstić information content (AvgIpc) is 2.97. The zero-order valence-electron chi connectivity index (χ0n) is 11.4. The van der Waals surface area contributed by atoms with Crippen LogP contribution < -0.4 is 5.32 Å². The molecule has 0 bridgehead atoms. The third kappa shape index (κ3) is 4.31. The van der Waals surface area contributed by atoms with Crippen LogP contribution in [0.4, 0.5) is 0 Å². The summed E-state index contributed by atoms with van der Waals surface area (Å²) in [6.07, 6.45) is 3.35. The summed E-state index contributed by atoms with van der Waals surface area (Å²) < 4.78 is 0. The van der Waals surface area contributed by atoms with E-state index < -0.39 is 0 Å². The van der Waals surface area contributed by atoms with E-state index in [1.807, 2.05) is 11.4 Å². The number of carbonyl (C=O) groups excluding carboxylic acids is 1. The fourth-order valence-corrected chi connectivity index (χ4v) is 3.30. The Morgan fingerprint density at radius 1 is 1.35 bits per heavy atom. The predicted octanol–water partition coefficient (Wildman–Crippen LogP) is 3.14. The van der Waals surface area contributed by atoms with Crippen molar-refractivity contribution < 1.29 is 4.79 Å². The van der Waals surface area contributed by atoms with Crippen LogP contribution in [0.15, 0.2) is 41.1 Å². The Hall–Kier alpha value is -1.40. The van der Waals surface area contributed by atoms with Crippen molar-refractivity contribution in [3.63, 3.8) is 0 Å². The van der Waals surface area contributed by atoms with E-state index in [1.54, 1.807) is 29.8 Å². The van der Waals surface area contributed by atoms with Crippen molar-refractivity contribution in [3.05, 3.63) is 40.8 Å². The van der Waals surface area contributed by atoms with Crippen molar-refractivity contribution >= 4 is 29.0 Å². The number of amides is 1. The zero-order chi connectivity index (χ0) is 14.4. The Kier molecular flexibility index (Phi) is 5.55. The van der Waals surface area contributed by atoms with Crippen LogP contribution in [0.25, 0.3) is 0 Å². The summed E-state index contributed by atoms with van der Waals surface area (Å²) in [7, 11) is 0. The first-order chi connectivity index (χ1) is 9.66. The lowest BCUT2D eigenvalue weighted by Crippen LogP contribution is -2.32. The molecule has 0 spiro atoms. The molecule has 1 atom stereocenters. The molecular formula is C14H17N3OS2. The van der Waals surface area contributed by atoms with Gasteiger partial charge in [-0.2, -0.15) is 0 Å². The van der Waals surface area contributed by atoms with E-state index in [0.717, 1.165) is 0 Å². The zero-order valence-corrected chi connectivity index (χ0v) is 13.1. The lowest BCUT2D eigenvalue weighted by Gasteiger charge is -2.21. The molecule has 106 valence electrons. The maximum atomic E-state index is 12.0. The molecule has 0 fully saturated rings. The van der Waals surface area contributed by atoms with Crippen LogP contribution in [-0.2, 0) is 4.79 Å². The van der Waals surface area contributed by atoms with E-state index >= 15 is 0 Å². The minimum absolute atomic E-state index is 0.00885. The largest absolute Gasteiger partial charge is 0.347 e. The van der Waals surface area contributed by atoms with Crippen LogP contribution in [0.2, 0.25) is 0 Å². The molecule has 2 aromatic heterocycles. The van der Waals surface area contributed by atoms with Crippen LogP contribution in [0.1, 0.15) is 24.8 Å². The van der Waals surface area contributed by atoms with Crippen molar-refractivity contribution in [2.75, 3.05) is 5.75 Å². The smallest absolute Gasteiger partial charge is 0.230 e. The number of hydrogen-bond donors (Lipinski definition) is 1. The molecule has 1 N–H and O–H groups in total. The standard InChI is InChI=1S/C14H17N3OS2/c1-10(2)13(11-5-3-8-19-11)17-12(18)9-20-14-15-6-4-7-16-14/h3-8,10,13H,9H2,1-2H3,(H,17,18). The molecule has 20 heavy (non-hydrogen) atoms. The van der Waals surface area contributed by atoms with Gasteiger partial charge in [-0.15, -0.1) is 11.3 Å². The fourth-order valence-electron chi connectivity index (χ4n) is 1.74. The van der Waals surface area contributed by atoms with Crippen LogP contribution in [0.5, 0.6) is 0 Å². The molecule has 2 rings (SSSR count). The van der Waals surface area contributed by atoms with Gasteiger partial charge in [0.1, 0.15) is 0 Å². The number of aromatic nitrogens is 2. The topological polar surface area (TPSA) is 54.9 Å². The lowest BCUT2D eigenvalue weighted by molar-refractivity contribution is -0.119. The van der Waals surface area contributed by atoms with Gasteiger partial charge in [-0.25, -0.2) is 9.97 Å². The molecule has 6 heteroatoms. The number of nitrogens with one attached hydrogen (secondary N) is 1. The Labute approximate surface area is 127 Å². The van der Waals surface area contributed by atoms with Gasteiger partial charge in [0.2, 0.25) is 5.91 Å². The molecular weight excluding hydrogens is 290 g/mol. The van der Waals surface area contributed by atoms with Gasteiger partial charge in [0.15, 0.2) is 5.16 Å². The van der Waals surface area contributed by atoms with E-state index in [9.17, 15) is 4.79 Å². The maximum absolute atomic E-state index is 12.0. The highest BCUT2D eigenvalue weighted by molar-refractivity contribution is 7.99. The molecule has 0 saturated heterocycles. The van der Waals surface area contributed by atoms with Crippen LogP contribution in [0, 0.1) is 5.92 Å². The van der Waals surface area contributed by atoms with E-state index in [1.165, 1.54) is 16.6 Å². The van der Waals surface area contributed by atoms with Gasteiger partial charge in [-0.05, 0) is 23.4 Å². The van der Waals surface area contributed by atoms with Crippen LogP contribution in [-0.4, -0.2) is 21.6 Å². The molecule has 0 saturated carbocycles. The molecule has 0 aliphatic heterocycles. The molecule has 0 aromatic carbocycles. The molecule has 1 unspecified atom stereocenters. The summed E-state index contributed by atoms with van der Waals surface area (Å²) in [5.41, 5.74) is 0. The summed E-state index contributed by atoms with van der Waals surface area (Å²) in [6.45, 7) is 4.22. The molecule has 0 radical (unpaired) electrons. The van der Waals surface area contributed by atoms with Gasteiger partial charge in [0.25, 0.3) is 0 Å². The van der Waals surface area contributed by atoms with E-state index in [-0.39, 0.29) is 11.9 Å². The van der Waals surface area contributed by atoms with Crippen LogP contribution in [0.3, 0.4) is 0 Å². The van der Waals surface area contributed by atoms with Crippen LogP contribution >= 0.6 is 23.1 Å². The normalized spacial score (nSPS) is 12.3. The van der Waals surface area contributed by atoms with E-state index in [2.05, 4.69) is 35.2 Å². The highest BCUT2D eigenvalue weighted by Gasteiger charge is 2.19. The van der Waals surface area contributed by atoms with Gasteiger partial charge >= 0.3 is 0 Å². The third-order valence-corrected chi connectivity index (χ3v) is 4.54. The lowest BCUT2D eigenvalue weighted by atomic mass is 10.0. The molecule has 4 nitrogen and oxygen atoms in total. The number of thioether (sulfide) groups is 1. The Morgan fingerprint density at radius 2 is 2.10 bits per heavy atom. The van der Waals surface area contributed by atoms with Crippen molar-refractivity contribution in [1.82, 2.24) is 15.3 Å². The Bertz CT molecular complexity index is 529. The maximum Gasteiger partial charge on any atom is 0.230 e. The minimum Gasteiger partial charge on any atom is -0.347 e. The second-order valence-electron chi connectivity index (χ2n) is 4.62. The first-order valence-corrected chi connectivity index (χ1v) is 8.26. The number of hydrogen-bond acceptors (Lipinski definition) is 5. The summed E-state index contributed by atoms with van der Waals surface area (Å²) in [4.78, 5) is 21.4. The average molecular weight is 307 g/mol.